The number of rotatable bonds is 1. The van der Waals surface area contributed by atoms with E-state index in [1.807, 2.05) is 36.4 Å². The number of carbonyl (C=O) groups is 1. The summed E-state index contributed by atoms with van der Waals surface area (Å²) in [7, 11) is 0. The van der Waals surface area contributed by atoms with Crippen LogP contribution in [0.15, 0.2) is 48.5 Å². The molecule has 3 aliphatic carbocycles. The van der Waals surface area contributed by atoms with E-state index in [2.05, 4.69) is 12.1 Å². The van der Waals surface area contributed by atoms with Gasteiger partial charge in [-0.25, -0.2) is 0 Å². The molecule has 2 bridgehead atoms. The molecule has 1 nitrogen and oxygen atoms in total. The fraction of sp³-hybridized carbons (Fsp3) is 0.235. The van der Waals surface area contributed by atoms with Crippen LogP contribution in [0.3, 0.4) is 0 Å². The van der Waals surface area contributed by atoms with Crippen LogP contribution in [-0.2, 0) is 0 Å². The predicted molar refractivity (Wildman–Crippen MR) is 75.8 cm³/mol. The van der Waals surface area contributed by atoms with Gasteiger partial charge in [0, 0.05) is 22.4 Å². The van der Waals surface area contributed by atoms with Crippen LogP contribution in [-0.4, -0.2) is 5.78 Å². The molecule has 2 heteroatoms. The van der Waals surface area contributed by atoms with Crippen molar-refractivity contribution < 1.29 is 4.79 Å². The molecular formula is C17H13ClO. The summed E-state index contributed by atoms with van der Waals surface area (Å²) in [5.74, 6) is 1.27. The fourth-order valence-corrected chi connectivity index (χ4v) is 3.83. The van der Waals surface area contributed by atoms with Gasteiger partial charge in [0.1, 0.15) is 0 Å². The number of ketones is 1. The maximum atomic E-state index is 12.5. The Morgan fingerprint density at radius 2 is 1.79 bits per heavy atom. The summed E-state index contributed by atoms with van der Waals surface area (Å²) in [6.45, 7) is 0. The summed E-state index contributed by atoms with van der Waals surface area (Å²) in [6, 6.07) is 16.1. The number of carbonyl (C=O) groups excluding carboxylic acids is 1. The predicted octanol–water partition coefficient (Wildman–Crippen LogP) is 4.42. The van der Waals surface area contributed by atoms with Crippen molar-refractivity contribution in [2.75, 3.05) is 0 Å². The highest BCUT2D eigenvalue weighted by Crippen LogP contribution is 2.59. The maximum Gasteiger partial charge on any atom is 0.166 e. The van der Waals surface area contributed by atoms with E-state index in [0.29, 0.717) is 17.6 Å². The largest absolute Gasteiger partial charge is 0.294 e. The van der Waals surface area contributed by atoms with Gasteiger partial charge in [0.2, 0.25) is 0 Å². The Bertz CT molecular complexity index is 662. The van der Waals surface area contributed by atoms with Gasteiger partial charge in [-0.2, -0.15) is 0 Å². The Kier molecular flexibility index (Phi) is 2.33. The fourth-order valence-electron chi connectivity index (χ4n) is 3.65. The van der Waals surface area contributed by atoms with Crippen molar-refractivity contribution in [3.63, 3.8) is 0 Å². The minimum absolute atomic E-state index is 0.168. The zero-order valence-corrected chi connectivity index (χ0v) is 11.1. The molecule has 0 heterocycles. The standard InChI is InChI=1S/C17H13ClO/c18-11-6-7-12-13(8-11)14-9-15(17(12)19)16(14)10-4-2-1-3-5-10/h1-8,14-16H,9H2. The molecule has 2 aromatic carbocycles. The number of hydrogen-bond donors (Lipinski definition) is 0. The molecule has 0 spiro atoms. The van der Waals surface area contributed by atoms with Crippen molar-refractivity contribution in [1.29, 1.82) is 0 Å². The monoisotopic (exact) mass is 268 g/mol. The van der Waals surface area contributed by atoms with E-state index >= 15 is 0 Å². The summed E-state index contributed by atoms with van der Waals surface area (Å²) in [6.07, 6.45) is 0.978. The Morgan fingerprint density at radius 1 is 1.00 bits per heavy atom. The van der Waals surface area contributed by atoms with Crippen LogP contribution in [0.25, 0.3) is 0 Å². The van der Waals surface area contributed by atoms with Gasteiger partial charge < -0.3 is 0 Å². The summed E-state index contributed by atoms with van der Waals surface area (Å²) in [4.78, 5) is 12.5. The minimum atomic E-state index is 0.168. The van der Waals surface area contributed by atoms with E-state index in [9.17, 15) is 4.79 Å². The average molecular weight is 269 g/mol. The van der Waals surface area contributed by atoms with Crippen molar-refractivity contribution in [3.05, 3.63) is 70.2 Å². The van der Waals surface area contributed by atoms with E-state index in [-0.39, 0.29) is 5.92 Å². The van der Waals surface area contributed by atoms with Gasteiger partial charge >= 0.3 is 0 Å². The molecule has 3 aliphatic rings. The first-order valence-electron chi connectivity index (χ1n) is 6.64. The lowest BCUT2D eigenvalue weighted by Crippen LogP contribution is -2.43. The molecule has 0 aromatic heterocycles. The first-order chi connectivity index (χ1) is 9.25. The molecule has 1 saturated carbocycles. The highest BCUT2D eigenvalue weighted by Gasteiger charge is 2.51. The molecule has 3 atom stereocenters. The maximum absolute atomic E-state index is 12.5. The third kappa shape index (κ3) is 1.51. The Hall–Kier alpha value is -1.60. The zero-order valence-electron chi connectivity index (χ0n) is 10.3. The smallest absolute Gasteiger partial charge is 0.166 e. The number of hydrogen-bond acceptors (Lipinski definition) is 1. The van der Waals surface area contributed by atoms with Crippen LogP contribution in [0.2, 0.25) is 5.02 Å². The SMILES string of the molecule is O=C1c2ccc(Cl)cc2C2CC1C2c1ccccc1. The molecule has 0 radical (unpaired) electrons. The molecule has 3 unspecified atom stereocenters. The highest BCUT2D eigenvalue weighted by molar-refractivity contribution is 6.30. The molecule has 19 heavy (non-hydrogen) atoms. The van der Waals surface area contributed by atoms with Crippen LogP contribution >= 0.6 is 11.6 Å². The molecular weight excluding hydrogens is 256 g/mol. The van der Waals surface area contributed by atoms with E-state index in [0.717, 1.165) is 22.6 Å². The first-order valence-corrected chi connectivity index (χ1v) is 7.02. The van der Waals surface area contributed by atoms with Crippen molar-refractivity contribution in [3.8, 4) is 0 Å². The topological polar surface area (TPSA) is 17.1 Å². The second-order valence-corrected chi connectivity index (χ2v) is 5.92. The van der Waals surface area contributed by atoms with Crippen LogP contribution in [0, 0.1) is 5.92 Å². The summed E-state index contributed by atoms with van der Waals surface area (Å²) >= 11 is 6.09. The van der Waals surface area contributed by atoms with Crippen molar-refractivity contribution in [2.24, 2.45) is 5.92 Å². The number of benzene rings is 2. The van der Waals surface area contributed by atoms with Gasteiger partial charge in [0.25, 0.3) is 0 Å². The molecule has 0 aliphatic heterocycles. The van der Waals surface area contributed by atoms with Crippen molar-refractivity contribution >= 4 is 17.4 Å². The molecule has 5 rings (SSSR count). The van der Waals surface area contributed by atoms with Gasteiger partial charge in [0.05, 0.1) is 0 Å². The Labute approximate surface area is 117 Å². The van der Waals surface area contributed by atoms with Crippen molar-refractivity contribution in [2.45, 2.75) is 18.3 Å². The Morgan fingerprint density at radius 3 is 2.58 bits per heavy atom. The van der Waals surface area contributed by atoms with Crippen molar-refractivity contribution in [1.82, 2.24) is 0 Å². The second-order valence-electron chi connectivity index (χ2n) is 5.48. The zero-order chi connectivity index (χ0) is 13.0. The number of halogens is 1. The van der Waals surface area contributed by atoms with Gasteiger partial charge in [-0.15, -0.1) is 0 Å². The summed E-state index contributed by atoms with van der Waals surface area (Å²) in [5, 5.41) is 0.726. The normalized spacial score (nSPS) is 27.6. The van der Waals surface area contributed by atoms with Crippen LogP contribution in [0.1, 0.15) is 39.7 Å². The van der Waals surface area contributed by atoms with Gasteiger partial charge in [-0.1, -0.05) is 41.9 Å². The molecule has 0 saturated heterocycles. The molecule has 0 N–H and O–H groups in total. The molecule has 1 fully saturated rings. The van der Waals surface area contributed by atoms with E-state index in [1.165, 1.54) is 5.56 Å². The lowest BCUT2D eigenvalue weighted by Gasteiger charge is -2.49. The summed E-state index contributed by atoms with van der Waals surface area (Å²) in [5.41, 5.74) is 3.31. The highest BCUT2D eigenvalue weighted by atomic mass is 35.5. The third-order valence-electron chi connectivity index (χ3n) is 4.57. The van der Waals surface area contributed by atoms with Gasteiger partial charge in [0.15, 0.2) is 5.78 Å². The minimum Gasteiger partial charge on any atom is -0.294 e. The quantitative estimate of drug-likeness (QED) is 0.748. The lowest BCUT2D eigenvalue weighted by atomic mass is 9.53. The number of Topliss-reactive ketones (excluding diaryl/α,β-unsaturated/α-hetero) is 1. The molecule has 94 valence electrons. The average Bonchev–Trinajstić information content (AvgIpc) is 2.38. The second kappa shape index (κ2) is 3.94. The van der Waals surface area contributed by atoms with Crippen LogP contribution in [0.4, 0.5) is 0 Å². The summed E-state index contributed by atoms with van der Waals surface area (Å²) < 4.78 is 0. The molecule has 2 aromatic rings. The van der Waals surface area contributed by atoms with Gasteiger partial charge in [-0.05, 0) is 41.7 Å². The van der Waals surface area contributed by atoms with E-state index in [4.69, 9.17) is 11.6 Å². The first kappa shape index (κ1) is 11.2. The van der Waals surface area contributed by atoms with E-state index in [1.54, 1.807) is 0 Å². The Balaban J connectivity index is 1.83. The lowest BCUT2D eigenvalue weighted by molar-refractivity contribution is 0.0734. The molecule has 0 amide bonds. The van der Waals surface area contributed by atoms with Gasteiger partial charge in [-0.3, -0.25) is 4.79 Å². The van der Waals surface area contributed by atoms with Crippen LogP contribution < -0.4 is 0 Å². The van der Waals surface area contributed by atoms with E-state index < -0.39 is 0 Å². The van der Waals surface area contributed by atoms with Crippen LogP contribution in [0.5, 0.6) is 0 Å². The third-order valence-corrected chi connectivity index (χ3v) is 4.81.